The molecule has 0 bridgehead atoms. The van der Waals surface area contributed by atoms with E-state index in [9.17, 15) is 0 Å². The van der Waals surface area contributed by atoms with E-state index >= 15 is 0 Å². The average Bonchev–Trinajstić information content (AvgIpc) is 2.13. The van der Waals surface area contributed by atoms with Crippen molar-refractivity contribution < 1.29 is 0 Å². The molecular formula is C12H16ClN. The Morgan fingerprint density at radius 2 is 2.07 bits per heavy atom. The Morgan fingerprint density at radius 1 is 1.36 bits per heavy atom. The normalized spacial score (nSPS) is 25.9. The van der Waals surface area contributed by atoms with E-state index in [0.717, 1.165) is 19.4 Å². The van der Waals surface area contributed by atoms with Gasteiger partial charge in [0.15, 0.2) is 0 Å². The lowest BCUT2D eigenvalue weighted by atomic mass is 9.92. The molecule has 1 aliphatic rings. The smallest absolute Gasteiger partial charge is 0.0365 e. The minimum atomic E-state index is 0.407. The lowest BCUT2D eigenvalue weighted by molar-refractivity contribution is 0.345. The molecule has 0 saturated heterocycles. The largest absolute Gasteiger partial charge is 0.310 e. The van der Waals surface area contributed by atoms with Crippen LogP contribution in [0.1, 0.15) is 24.0 Å². The Morgan fingerprint density at radius 3 is 2.71 bits per heavy atom. The molecule has 1 nitrogen and oxygen atoms in total. The van der Waals surface area contributed by atoms with Crippen molar-refractivity contribution in [2.24, 2.45) is 0 Å². The third-order valence-corrected chi connectivity index (χ3v) is 3.28. The second-order valence-corrected chi connectivity index (χ2v) is 4.69. The lowest BCUT2D eigenvalue weighted by Crippen LogP contribution is -2.41. The Hall–Kier alpha value is -0.530. The second-order valence-electron chi connectivity index (χ2n) is 4.07. The van der Waals surface area contributed by atoms with Gasteiger partial charge in [0, 0.05) is 18.0 Å². The van der Waals surface area contributed by atoms with Gasteiger partial charge in [-0.05, 0) is 30.9 Å². The third-order valence-electron chi connectivity index (χ3n) is 2.92. The van der Waals surface area contributed by atoms with E-state index in [4.69, 9.17) is 11.6 Å². The predicted octanol–water partition coefficient (Wildman–Crippen LogP) is 2.85. The van der Waals surface area contributed by atoms with Crippen molar-refractivity contribution in [2.45, 2.75) is 37.7 Å². The zero-order chi connectivity index (χ0) is 9.97. The van der Waals surface area contributed by atoms with Crippen molar-refractivity contribution in [2.75, 3.05) is 0 Å². The van der Waals surface area contributed by atoms with E-state index in [2.05, 4.69) is 36.5 Å². The quantitative estimate of drug-likeness (QED) is 0.755. The molecule has 1 saturated carbocycles. The van der Waals surface area contributed by atoms with Crippen LogP contribution >= 0.6 is 11.6 Å². The van der Waals surface area contributed by atoms with Gasteiger partial charge >= 0.3 is 0 Å². The zero-order valence-corrected chi connectivity index (χ0v) is 9.22. The molecule has 0 aliphatic heterocycles. The van der Waals surface area contributed by atoms with Crippen molar-refractivity contribution in [3.63, 3.8) is 0 Å². The van der Waals surface area contributed by atoms with E-state index < -0.39 is 0 Å². The van der Waals surface area contributed by atoms with Crippen LogP contribution in [-0.2, 0) is 6.54 Å². The summed E-state index contributed by atoms with van der Waals surface area (Å²) in [4.78, 5) is 0. The van der Waals surface area contributed by atoms with Gasteiger partial charge in [0.2, 0.25) is 0 Å². The fourth-order valence-corrected chi connectivity index (χ4v) is 2.21. The summed E-state index contributed by atoms with van der Waals surface area (Å²) in [5, 5.41) is 3.93. The molecule has 2 rings (SSSR count). The first-order valence-electron chi connectivity index (χ1n) is 5.17. The predicted molar refractivity (Wildman–Crippen MR) is 60.7 cm³/mol. The SMILES string of the molecule is Cc1ccccc1CNC1CC(Cl)C1. The molecule has 2 heteroatoms. The second kappa shape index (κ2) is 4.33. The molecule has 0 unspecified atom stereocenters. The summed E-state index contributed by atoms with van der Waals surface area (Å²) < 4.78 is 0. The molecule has 0 spiro atoms. The van der Waals surface area contributed by atoms with E-state index in [1.165, 1.54) is 11.1 Å². The minimum Gasteiger partial charge on any atom is -0.310 e. The first-order chi connectivity index (χ1) is 6.75. The Labute approximate surface area is 90.5 Å². The zero-order valence-electron chi connectivity index (χ0n) is 8.46. The van der Waals surface area contributed by atoms with Gasteiger partial charge < -0.3 is 5.32 Å². The fourth-order valence-electron chi connectivity index (χ4n) is 1.78. The lowest BCUT2D eigenvalue weighted by Gasteiger charge is -2.31. The summed E-state index contributed by atoms with van der Waals surface area (Å²) in [6, 6.07) is 9.14. The van der Waals surface area contributed by atoms with E-state index in [1.54, 1.807) is 0 Å². The van der Waals surface area contributed by atoms with Gasteiger partial charge in [-0.25, -0.2) is 0 Å². The van der Waals surface area contributed by atoms with Crippen molar-refractivity contribution in [1.82, 2.24) is 5.32 Å². The number of halogens is 1. The molecular weight excluding hydrogens is 194 g/mol. The fraction of sp³-hybridized carbons (Fsp3) is 0.500. The molecule has 0 amide bonds. The van der Waals surface area contributed by atoms with Gasteiger partial charge in [0.1, 0.15) is 0 Å². The Balaban J connectivity index is 1.83. The van der Waals surface area contributed by atoms with Crippen molar-refractivity contribution >= 4 is 11.6 Å². The van der Waals surface area contributed by atoms with Crippen molar-refractivity contribution in [3.05, 3.63) is 35.4 Å². The number of hydrogen-bond acceptors (Lipinski definition) is 1. The minimum absolute atomic E-state index is 0.407. The molecule has 1 N–H and O–H groups in total. The first kappa shape index (κ1) is 10.0. The number of rotatable bonds is 3. The highest BCUT2D eigenvalue weighted by molar-refractivity contribution is 6.21. The molecule has 76 valence electrons. The first-order valence-corrected chi connectivity index (χ1v) is 5.61. The van der Waals surface area contributed by atoms with Crippen LogP contribution in [-0.4, -0.2) is 11.4 Å². The number of benzene rings is 1. The summed E-state index contributed by atoms with van der Waals surface area (Å²) in [6.07, 6.45) is 2.24. The summed E-state index contributed by atoms with van der Waals surface area (Å²) in [5.74, 6) is 0. The topological polar surface area (TPSA) is 12.0 Å². The highest BCUT2D eigenvalue weighted by atomic mass is 35.5. The molecule has 14 heavy (non-hydrogen) atoms. The molecule has 0 atom stereocenters. The molecule has 1 aromatic rings. The molecule has 0 heterocycles. The van der Waals surface area contributed by atoms with Crippen LogP contribution < -0.4 is 5.32 Å². The number of hydrogen-bond donors (Lipinski definition) is 1. The molecule has 0 radical (unpaired) electrons. The van der Waals surface area contributed by atoms with Crippen molar-refractivity contribution in [1.29, 1.82) is 0 Å². The molecule has 1 fully saturated rings. The number of nitrogens with one attached hydrogen (secondary N) is 1. The van der Waals surface area contributed by atoms with Crippen LogP contribution in [0.25, 0.3) is 0 Å². The van der Waals surface area contributed by atoms with Gasteiger partial charge in [-0.15, -0.1) is 11.6 Å². The van der Waals surface area contributed by atoms with Gasteiger partial charge in [-0.2, -0.15) is 0 Å². The van der Waals surface area contributed by atoms with Crippen LogP contribution in [0.15, 0.2) is 24.3 Å². The standard InChI is InChI=1S/C12H16ClN/c1-9-4-2-3-5-10(9)8-14-12-6-11(13)7-12/h2-5,11-12,14H,6-8H2,1H3. The summed E-state index contributed by atoms with van der Waals surface area (Å²) in [6.45, 7) is 3.13. The third kappa shape index (κ3) is 2.28. The van der Waals surface area contributed by atoms with Crippen molar-refractivity contribution in [3.8, 4) is 0 Å². The van der Waals surface area contributed by atoms with E-state index in [-0.39, 0.29) is 0 Å². The maximum Gasteiger partial charge on any atom is 0.0365 e. The van der Waals surface area contributed by atoms with Gasteiger partial charge in [0.05, 0.1) is 0 Å². The van der Waals surface area contributed by atoms with Crippen LogP contribution in [0, 0.1) is 6.92 Å². The maximum absolute atomic E-state index is 5.92. The monoisotopic (exact) mass is 209 g/mol. The summed E-state index contributed by atoms with van der Waals surface area (Å²) in [7, 11) is 0. The molecule has 1 aliphatic carbocycles. The van der Waals surface area contributed by atoms with Gasteiger partial charge in [-0.1, -0.05) is 24.3 Å². The van der Waals surface area contributed by atoms with Gasteiger partial charge in [-0.3, -0.25) is 0 Å². The van der Waals surface area contributed by atoms with Gasteiger partial charge in [0.25, 0.3) is 0 Å². The maximum atomic E-state index is 5.92. The summed E-state index contributed by atoms with van der Waals surface area (Å²) >= 11 is 5.92. The highest BCUT2D eigenvalue weighted by Gasteiger charge is 2.26. The molecule has 0 aromatic heterocycles. The van der Waals surface area contributed by atoms with Crippen LogP contribution in [0.5, 0.6) is 0 Å². The number of alkyl halides is 1. The van der Waals surface area contributed by atoms with Crippen LogP contribution in [0.4, 0.5) is 0 Å². The average molecular weight is 210 g/mol. The Kier molecular flexibility index (Phi) is 3.09. The highest BCUT2D eigenvalue weighted by Crippen LogP contribution is 2.25. The number of aryl methyl sites for hydroxylation is 1. The Bertz CT molecular complexity index is 305. The molecule has 1 aromatic carbocycles. The van der Waals surface area contributed by atoms with E-state index in [0.29, 0.717) is 11.4 Å². The van der Waals surface area contributed by atoms with E-state index in [1.807, 2.05) is 0 Å². The van der Waals surface area contributed by atoms with Crippen LogP contribution in [0.3, 0.4) is 0 Å². The van der Waals surface area contributed by atoms with Crippen LogP contribution in [0.2, 0.25) is 0 Å². The summed E-state index contributed by atoms with van der Waals surface area (Å²) in [5.41, 5.74) is 2.76.